The van der Waals surface area contributed by atoms with Crippen molar-refractivity contribution in [3.8, 4) is 0 Å². The van der Waals surface area contributed by atoms with E-state index in [4.69, 9.17) is 5.73 Å². The third-order valence-electron chi connectivity index (χ3n) is 5.02. The van der Waals surface area contributed by atoms with E-state index in [-0.39, 0.29) is 12.1 Å². The Labute approximate surface area is 159 Å². The molecule has 0 spiro atoms. The summed E-state index contributed by atoms with van der Waals surface area (Å²) in [5, 5.41) is 0. The Morgan fingerprint density at radius 3 is 2.37 bits per heavy atom. The van der Waals surface area contributed by atoms with Crippen molar-refractivity contribution in [1.29, 1.82) is 0 Å². The largest absolute Gasteiger partial charge is 0.351 e. The molecule has 1 saturated heterocycles. The molecule has 3 rings (SSSR count). The molecular weight excluding hydrogens is 366 g/mol. The minimum Gasteiger partial charge on any atom is -0.351 e. The molecule has 0 aliphatic carbocycles. The number of aromatic nitrogens is 2. The molecule has 9 heteroatoms. The number of amides is 2. The first kappa shape index (κ1) is 19.4. The highest BCUT2D eigenvalue weighted by molar-refractivity contribution is 7.90. The number of nitrogens with zero attached hydrogens (tertiary/aromatic N) is 4. The van der Waals surface area contributed by atoms with Crippen LogP contribution in [-0.2, 0) is 16.4 Å². The van der Waals surface area contributed by atoms with Gasteiger partial charge in [-0.2, -0.15) is 0 Å². The summed E-state index contributed by atoms with van der Waals surface area (Å²) in [5.41, 5.74) is 7.42. The van der Waals surface area contributed by atoms with Crippen LogP contribution >= 0.6 is 0 Å². The van der Waals surface area contributed by atoms with Crippen LogP contribution in [0, 0.1) is 0 Å². The van der Waals surface area contributed by atoms with Gasteiger partial charge in [-0.1, -0.05) is 12.1 Å². The van der Waals surface area contributed by atoms with Crippen LogP contribution in [0.2, 0.25) is 0 Å². The second-order valence-electron chi connectivity index (χ2n) is 6.91. The number of benzene rings is 1. The molecule has 146 valence electrons. The zero-order chi connectivity index (χ0) is 19.6. The van der Waals surface area contributed by atoms with Crippen molar-refractivity contribution in [3.05, 3.63) is 48.0 Å². The highest BCUT2D eigenvalue weighted by Crippen LogP contribution is 2.22. The molecular formula is C18H25N5O3S. The molecule has 1 fully saturated rings. The second kappa shape index (κ2) is 7.69. The maximum atomic E-state index is 11.6. The van der Waals surface area contributed by atoms with Crippen LogP contribution in [-0.4, -0.2) is 66.2 Å². The van der Waals surface area contributed by atoms with E-state index in [1.54, 1.807) is 23.4 Å². The number of piperazine rings is 1. The Hall–Kier alpha value is -2.39. The quantitative estimate of drug-likeness (QED) is 0.822. The predicted molar refractivity (Wildman–Crippen MR) is 102 cm³/mol. The molecule has 1 aliphatic heterocycles. The van der Waals surface area contributed by atoms with Crippen molar-refractivity contribution < 1.29 is 13.2 Å². The number of imidazole rings is 1. The van der Waals surface area contributed by atoms with E-state index in [2.05, 4.69) is 21.4 Å². The molecule has 2 N–H and O–H groups in total. The normalized spacial score (nSPS) is 17.0. The fourth-order valence-corrected chi connectivity index (χ4v) is 3.94. The molecule has 0 radical (unpaired) electrons. The van der Waals surface area contributed by atoms with Crippen molar-refractivity contribution in [2.45, 2.75) is 24.4 Å². The van der Waals surface area contributed by atoms with Crippen molar-refractivity contribution in [3.63, 3.8) is 0 Å². The highest BCUT2D eigenvalue weighted by Gasteiger charge is 2.21. The number of sulfone groups is 1. The van der Waals surface area contributed by atoms with Gasteiger partial charge in [0.1, 0.15) is 0 Å². The Bertz CT molecular complexity index is 899. The molecule has 1 atom stereocenters. The summed E-state index contributed by atoms with van der Waals surface area (Å²) < 4.78 is 25.4. The van der Waals surface area contributed by atoms with Gasteiger partial charge < -0.3 is 15.2 Å². The zero-order valence-electron chi connectivity index (χ0n) is 15.6. The van der Waals surface area contributed by atoms with E-state index in [9.17, 15) is 13.2 Å². The maximum absolute atomic E-state index is 11.6. The SMILES string of the molecule is CC(c1ccc(S(C)(=O)=O)cc1)n1cncc1CN1CCN(C(N)=O)CC1. The van der Waals surface area contributed by atoms with Gasteiger partial charge in [-0.25, -0.2) is 18.2 Å². The van der Waals surface area contributed by atoms with E-state index in [1.165, 1.54) is 6.26 Å². The van der Waals surface area contributed by atoms with Crippen LogP contribution in [0.4, 0.5) is 4.79 Å². The lowest BCUT2D eigenvalue weighted by atomic mass is 10.1. The Morgan fingerprint density at radius 2 is 1.81 bits per heavy atom. The molecule has 2 heterocycles. The zero-order valence-corrected chi connectivity index (χ0v) is 16.4. The number of primary amides is 1. The van der Waals surface area contributed by atoms with E-state index < -0.39 is 9.84 Å². The van der Waals surface area contributed by atoms with Crippen LogP contribution in [0.15, 0.2) is 41.7 Å². The first-order valence-corrected chi connectivity index (χ1v) is 10.7. The molecule has 2 amide bonds. The Kier molecular flexibility index (Phi) is 5.52. The smallest absolute Gasteiger partial charge is 0.314 e. The number of hydrogen-bond acceptors (Lipinski definition) is 5. The number of carbonyl (C=O) groups excluding carboxylic acids is 1. The summed E-state index contributed by atoms with van der Waals surface area (Å²) in [6.07, 6.45) is 4.85. The fraction of sp³-hybridized carbons (Fsp3) is 0.444. The van der Waals surface area contributed by atoms with Crippen molar-refractivity contribution in [1.82, 2.24) is 19.4 Å². The lowest BCUT2D eigenvalue weighted by Gasteiger charge is -2.34. The summed E-state index contributed by atoms with van der Waals surface area (Å²) in [4.78, 5) is 19.8. The van der Waals surface area contributed by atoms with Crippen LogP contribution < -0.4 is 5.73 Å². The highest BCUT2D eigenvalue weighted by atomic mass is 32.2. The van der Waals surface area contributed by atoms with E-state index in [1.807, 2.05) is 18.3 Å². The van der Waals surface area contributed by atoms with Crippen LogP contribution in [0.5, 0.6) is 0 Å². The Balaban J connectivity index is 1.70. The summed E-state index contributed by atoms with van der Waals surface area (Å²) in [5.74, 6) is 0. The third-order valence-corrected chi connectivity index (χ3v) is 6.15. The summed E-state index contributed by atoms with van der Waals surface area (Å²) in [7, 11) is -3.20. The number of hydrogen-bond donors (Lipinski definition) is 1. The number of carbonyl (C=O) groups is 1. The minimum absolute atomic E-state index is 0.0306. The van der Waals surface area contributed by atoms with Gasteiger partial charge in [0.2, 0.25) is 0 Å². The van der Waals surface area contributed by atoms with E-state index >= 15 is 0 Å². The molecule has 8 nitrogen and oxygen atoms in total. The fourth-order valence-electron chi connectivity index (χ4n) is 3.31. The maximum Gasteiger partial charge on any atom is 0.314 e. The van der Waals surface area contributed by atoms with Gasteiger partial charge in [0.05, 0.1) is 23.0 Å². The van der Waals surface area contributed by atoms with Crippen LogP contribution in [0.25, 0.3) is 0 Å². The first-order valence-electron chi connectivity index (χ1n) is 8.83. The molecule has 1 aromatic heterocycles. The average molecular weight is 391 g/mol. The van der Waals surface area contributed by atoms with Crippen LogP contribution in [0.3, 0.4) is 0 Å². The standard InChI is InChI=1S/C18H25N5O3S/c1-14(15-3-5-17(6-4-15)27(2,25)26)23-13-20-11-16(23)12-21-7-9-22(10-8-21)18(19)24/h3-6,11,13-14H,7-10,12H2,1-2H3,(H2,19,24). The first-order chi connectivity index (χ1) is 12.8. The molecule has 0 saturated carbocycles. The van der Waals surface area contributed by atoms with Gasteiger partial charge in [-0.3, -0.25) is 4.90 Å². The number of urea groups is 1. The molecule has 1 aromatic carbocycles. The lowest BCUT2D eigenvalue weighted by Crippen LogP contribution is -2.50. The molecule has 1 aliphatic rings. The average Bonchev–Trinajstić information content (AvgIpc) is 3.09. The van der Waals surface area contributed by atoms with Gasteiger partial charge in [0.15, 0.2) is 9.84 Å². The third kappa shape index (κ3) is 4.48. The monoisotopic (exact) mass is 391 g/mol. The topological polar surface area (TPSA) is 102 Å². The predicted octanol–water partition coefficient (Wildman–Crippen LogP) is 1.09. The van der Waals surface area contributed by atoms with Gasteiger partial charge >= 0.3 is 6.03 Å². The van der Waals surface area contributed by atoms with Crippen LogP contribution in [0.1, 0.15) is 24.2 Å². The van der Waals surface area contributed by atoms with Gasteiger partial charge in [0.25, 0.3) is 0 Å². The summed E-state index contributed by atoms with van der Waals surface area (Å²) in [6, 6.07) is 6.63. The van der Waals surface area contributed by atoms with E-state index in [0.717, 1.165) is 30.9 Å². The van der Waals surface area contributed by atoms with Crippen molar-refractivity contribution in [2.75, 3.05) is 32.4 Å². The lowest BCUT2D eigenvalue weighted by molar-refractivity contribution is 0.138. The molecule has 1 unspecified atom stereocenters. The van der Waals surface area contributed by atoms with Gasteiger partial charge in [-0.05, 0) is 24.6 Å². The van der Waals surface area contributed by atoms with Gasteiger partial charge in [0, 0.05) is 45.2 Å². The van der Waals surface area contributed by atoms with Crippen molar-refractivity contribution >= 4 is 15.9 Å². The van der Waals surface area contributed by atoms with Crippen molar-refractivity contribution in [2.24, 2.45) is 5.73 Å². The summed E-state index contributed by atoms with van der Waals surface area (Å²) >= 11 is 0. The minimum atomic E-state index is -3.20. The number of nitrogens with two attached hydrogens (primary N) is 1. The summed E-state index contributed by atoms with van der Waals surface area (Å²) in [6.45, 7) is 5.60. The molecule has 0 bridgehead atoms. The molecule has 2 aromatic rings. The van der Waals surface area contributed by atoms with Gasteiger partial charge in [-0.15, -0.1) is 0 Å². The second-order valence-corrected chi connectivity index (χ2v) is 8.93. The number of rotatable bonds is 5. The Morgan fingerprint density at radius 1 is 1.19 bits per heavy atom. The van der Waals surface area contributed by atoms with E-state index in [0.29, 0.717) is 18.0 Å². The molecule has 27 heavy (non-hydrogen) atoms.